The van der Waals surface area contributed by atoms with Crippen LogP contribution in [0.1, 0.15) is 20.8 Å². The molecule has 0 aromatic heterocycles. The Morgan fingerprint density at radius 2 is 1.55 bits per heavy atom. The number of nitrogens with two attached hydrogens (primary N) is 1. The molecule has 0 aromatic rings. The van der Waals surface area contributed by atoms with Crippen LogP contribution < -0.4 is 5.73 Å². The summed E-state index contributed by atoms with van der Waals surface area (Å²) in [5.41, 5.74) is 5.02. The van der Waals surface area contributed by atoms with Gasteiger partial charge in [-0.1, -0.05) is 34.8 Å². The molecular weight excluding hydrogens is 208 g/mol. The summed E-state index contributed by atoms with van der Waals surface area (Å²) in [7, 11) is 0. The maximum Gasteiger partial charge on any atom is 0.229 e. The standard InChI is InChI=1S/C6H12Cl3NO/c1-5(2,3)11-4(10)6(7,8)9/h4H,10H2,1-3H3. The number of hydrogen-bond donors (Lipinski definition) is 1. The van der Waals surface area contributed by atoms with Gasteiger partial charge in [0.25, 0.3) is 0 Å². The highest BCUT2D eigenvalue weighted by Gasteiger charge is 2.33. The molecule has 0 fully saturated rings. The molecule has 5 heteroatoms. The van der Waals surface area contributed by atoms with Crippen LogP contribution in [-0.4, -0.2) is 15.6 Å². The molecule has 0 aromatic carbocycles. The summed E-state index contributed by atoms with van der Waals surface area (Å²) in [6.45, 7) is 5.51. The zero-order chi connectivity index (χ0) is 9.28. The monoisotopic (exact) mass is 219 g/mol. The van der Waals surface area contributed by atoms with Gasteiger partial charge >= 0.3 is 0 Å². The lowest BCUT2D eigenvalue weighted by atomic mass is 10.2. The van der Waals surface area contributed by atoms with Crippen LogP contribution in [0.3, 0.4) is 0 Å². The van der Waals surface area contributed by atoms with Gasteiger partial charge in [0.1, 0.15) is 0 Å². The summed E-state index contributed by atoms with van der Waals surface area (Å²) in [5, 5.41) is 0. The van der Waals surface area contributed by atoms with Gasteiger partial charge in [-0.25, -0.2) is 0 Å². The lowest BCUT2D eigenvalue weighted by molar-refractivity contribution is -0.0547. The fourth-order valence-electron chi connectivity index (χ4n) is 0.448. The molecule has 2 nitrogen and oxygen atoms in total. The van der Waals surface area contributed by atoms with Crippen molar-refractivity contribution in [3.8, 4) is 0 Å². The minimum atomic E-state index is -1.56. The molecule has 0 rings (SSSR count). The van der Waals surface area contributed by atoms with Crippen LogP contribution in [0.15, 0.2) is 0 Å². The molecule has 0 spiro atoms. The first-order chi connectivity index (χ1) is 4.63. The summed E-state index contributed by atoms with van der Waals surface area (Å²) in [6, 6.07) is 0. The predicted molar refractivity (Wildman–Crippen MR) is 49.1 cm³/mol. The van der Waals surface area contributed by atoms with Crippen molar-refractivity contribution in [1.29, 1.82) is 0 Å². The molecule has 0 saturated heterocycles. The highest BCUT2D eigenvalue weighted by molar-refractivity contribution is 6.68. The molecule has 68 valence electrons. The minimum absolute atomic E-state index is 0.399. The molecule has 2 N–H and O–H groups in total. The van der Waals surface area contributed by atoms with Gasteiger partial charge in [0, 0.05) is 0 Å². The molecule has 0 heterocycles. The van der Waals surface area contributed by atoms with Crippen LogP contribution >= 0.6 is 34.8 Å². The summed E-state index contributed by atoms with van der Waals surface area (Å²) in [5.74, 6) is 0. The fraction of sp³-hybridized carbons (Fsp3) is 1.00. The van der Waals surface area contributed by atoms with E-state index in [2.05, 4.69) is 0 Å². The first kappa shape index (κ1) is 11.8. The molecular formula is C6H12Cl3NO. The lowest BCUT2D eigenvalue weighted by Gasteiger charge is -2.28. The van der Waals surface area contributed by atoms with Gasteiger partial charge in [-0.05, 0) is 20.8 Å². The molecule has 0 aliphatic rings. The molecule has 0 amide bonds. The largest absolute Gasteiger partial charge is 0.353 e. The number of halogens is 3. The van der Waals surface area contributed by atoms with Crippen LogP contribution in [0.25, 0.3) is 0 Å². The van der Waals surface area contributed by atoms with Gasteiger partial charge in [0.05, 0.1) is 5.60 Å². The van der Waals surface area contributed by atoms with E-state index in [-0.39, 0.29) is 0 Å². The second kappa shape index (κ2) is 3.67. The molecule has 11 heavy (non-hydrogen) atoms. The SMILES string of the molecule is CC(C)(C)OC(N)C(Cl)(Cl)Cl. The first-order valence-corrected chi connectivity index (χ1v) is 4.26. The van der Waals surface area contributed by atoms with Crippen molar-refractivity contribution in [3.05, 3.63) is 0 Å². The Morgan fingerprint density at radius 3 is 1.64 bits per heavy atom. The van der Waals surface area contributed by atoms with Crippen molar-refractivity contribution in [3.63, 3.8) is 0 Å². The first-order valence-electron chi connectivity index (χ1n) is 3.13. The molecule has 0 aliphatic heterocycles. The third-order valence-electron chi connectivity index (χ3n) is 0.803. The number of hydrogen-bond acceptors (Lipinski definition) is 2. The number of ether oxygens (including phenoxy) is 1. The van der Waals surface area contributed by atoms with Gasteiger partial charge in [-0.3, -0.25) is 0 Å². The second-order valence-corrected chi connectivity index (χ2v) is 5.56. The quantitative estimate of drug-likeness (QED) is 0.544. The Morgan fingerprint density at radius 1 is 1.18 bits per heavy atom. The molecule has 0 bridgehead atoms. The zero-order valence-electron chi connectivity index (χ0n) is 6.70. The summed E-state index contributed by atoms with van der Waals surface area (Å²) >= 11 is 16.4. The van der Waals surface area contributed by atoms with E-state index in [4.69, 9.17) is 45.3 Å². The van der Waals surface area contributed by atoms with Crippen LogP contribution in [0.2, 0.25) is 0 Å². The molecule has 1 atom stereocenters. The van der Waals surface area contributed by atoms with E-state index in [9.17, 15) is 0 Å². The summed E-state index contributed by atoms with van der Waals surface area (Å²) in [4.78, 5) is 0. The Labute approximate surface area is 81.9 Å². The molecule has 0 aliphatic carbocycles. The van der Waals surface area contributed by atoms with Gasteiger partial charge in [0.2, 0.25) is 3.79 Å². The highest BCUT2D eigenvalue weighted by atomic mass is 35.6. The average molecular weight is 221 g/mol. The second-order valence-electron chi connectivity index (χ2n) is 3.19. The smallest absolute Gasteiger partial charge is 0.229 e. The van der Waals surface area contributed by atoms with E-state index in [0.29, 0.717) is 0 Å². The zero-order valence-corrected chi connectivity index (χ0v) is 8.96. The average Bonchev–Trinajstić information content (AvgIpc) is 1.56. The van der Waals surface area contributed by atoms with Crippen LogP contribution in [0.5, 0.6) is 0 Å². The molecule has 0 saturated carbocycles. The van der Waals surface area contributed by atoms with E-state index in [0.717, 1.165) is 0 Å². The Bertz CT molecular complexity index is 127. The minimum Gasteiger partial charge on any atom is -0.353 e. The normalized spacial score (nSPS) is 16.6. The van der Waals surface area contributed by atoms with E-state index in [1.807, 2.05) is 20.8 Å². The van der Waals surface area contributed by atoms with Crippen LogP contribution in [0.4, 0.5) is 0 Å². The van der Waals surface area contributed by atoms with Crippen LogP contribution in [0, 0.1) is 0 Å². The van der Waals surface area contributed by atoms with E-state index < -0.39 is 15.6 Å². The Kier molecular flexibility index (Phi) is 3.93. The fourth-order valence-corrected chi connectivity index (χ4v) is 0.581. The van der Waals surface area contributed by atoms with E-state index in [1.165, 1.54) is 0 Å². The van der Waals surface area contributed by atoms with Crippen molar-refractivity contribution >= 4 is 34.8 Å². The van der Waals surface area contributed by atoms with Gasteiger partial charge in [-0.2, -0.15) is 0 Å². The maximum absolute atomic E-state index is 5.47. The Balaban J connectivity index is 3.99. The van der Waals surface area contributed by atoms with Crippen LogP contribution in [-0.2, 0) is 4.74 Å². The topological polar surface area (TPSA) is 35.2 Å². The van der Waals surface area contributed by atoms with Crippen molar-refractivity contribution in [2.24, 2.45) is 5.73 Å². The van der Waals surface area contributed by atoms with Crippen molar-refractivity contribution in [2.45, 2.75) is 36.4 Å². The number of rotatable bonds is 1. The third kappa shape index (κ3) is 6.00. The van der Waals surface area contributed by atoms with E-state index in [1.54, 1.807) is 0 Å². The summed E-state index contributed by atoms with van der Waals surface area (Å²) < 4.78 is 3.62. The lowest BCUT2D eigenvalue weighted by Crippen LogP contribution is -2.42. The number of alkyl halides is 3. The highest BCUT2D eigenvalue weighted by Crippen LogP contribution is 2.31. The Hall–Kier alpha value is 0.790. The summed E-state index contributed by atoms with van der Waals surface area (Å²) in [6.07, 6.45) is -0.896. The maximum atomic E-state index is 5.47. The van der Waals surface area contributed by atoms with Gasteiger partial charge in [-0.15, -0.1) is 0 Å². The van der Waals surface area contributed by atoms with E-state index >= 15 is 0 Å². The molecule has 0 radical (unpaired) electrons. The molecule has 1 unspecified atom stereocenters. The van der Waals surface area contributed by atoms with Crippen molar-refractivity contribution < 1.29 is 4.74 Å². The van der Waals surface area contributed by atoms with Crippen molar-refractivity contribution in [1.82, 2.24) is 0 Å². The van der Waals surface area contributed by atoms with Crippen molar-refractivity contribution in [2.75, 3.05) is 0 Å². The predicted octanol–water partition coefficient (Wildman–Crippen LogP) is 2.46. The van der Waals surface area contributed by atoms with Gasteiger partial charge < -0.3 is 10.5 Å². The third-order valence-corrected chi connectivity index (χ3v) is 1.45. The van der Waals surface area contributed by atoms with Gasteiger partial charge in [0.15, 0.2) is 6.23 Å².